The molecule has 0 amide bonds. The van der Waals surface area contributed by atoms with Crippen LogP contribution in [0.4, 0.5) is 24.0 Å². The summed E-state index contributed by atoms with van der Waals surface area (Å²) in [4.78, 5) is 8.85. The second-order valence-electron chi connectivity index (χ2n) is 6.88. The Morgan fingerprint density at radius 3 is 2.54 bits per heavy atom. The number of anilines is 2. The Bertz CT molecular complexity index is 960. The third-order valence-corrected chi connectivity index (χ3v) is 5.68. The second kappa shape index (κ2) is 7.79. The molecule has 0 N–H and O–H groups in total. The maximum Gasteiger partial charge on any atom is 0.205 e. The van der Waals surface area contributed by atoms with Crippen LogP contribution in [-0.4, -0.2) is 35.0 Å². The zero-order chi connectivity index (χ0) is 19.7. The van der Waals surface area contributed by atoms with Gasteiger partial charge < -0.3 is 9.80 Å². The molecule has 1 saturated heterocycles. The van der Waals surface area contributed by atoms with Crippen molar-refractivity contribution in [2.24, 2.45) is 0 Å². The van der Waals surface area contributed by atoms with E-state index in [9.17, 15) is 13.2 Å². The van der Waals surface area contributed by atoms with E-state index in [1.807, 2.05) is 6.92 Å². The predicted molar refractivity (Wildman–Crippen MR) is 104 cm³/mol. The summed E-state index contributed by atoms with van der Waals surface area (Å²) in [5.74, 6) is -1.22. The summed E-state index contributed by atoms with van der Waals surface area (Å²) >= 11 is 1.34. The van der Waals surface area contributed by atoms with Crippen LogP contribution >= 0.6 is 11.5 Å². The smallest absolute Gasteiger partial charge is 0.205 e. The molecule has 0 saturated carbocycles. The number of aromatic nitrogens is 2. The van der Waals surface area contributed by atoms with Crippen molar-refractivity contribution >= 4 is 22.4 Å². The molecule has 3 aromatic rings. The standard InChI is InChI=1S/C20H19F3N4S/c1-13-12-26(8-9-27(13)16-6-7-17(22)18(23)11-16)20-24-19(25-28-20)10-14-2-4-15(21)5-3-14/h2-7,11,13H,8-10,12H2,1H3. The van der Waals surface area contributed by atoms with Gasteiger partial charge in [0.2, 0.25) is 5.13 Å². The number of benzene rings is 2. The minimum Gasteiger partial charge on any atom is -0.365 e. The summed E-state index contributed by atoms with van der Waals surface area (Å²) in [6, 6.07) is 10.5. The summed E-state index contributed by atoms with van der Waals surface area (Å²) in [6.07, 6.45) is 0.557. The molecule has 1 unspecified atom stereocenters. The molecule has 0 radical (unpaired) electrons. The summed E-state index contributed by atoms with van der Waals surface area (Å²) in [5, 5.41) is 0.842. The Hall–Kier alpha value is -2.61. The lowest BCUT2D eigenvalue weighted by atomic mass is 10.1. The van der Waals surface area contributed by atoms with Crippen LogP contribution in [0, 0.1) is 17.5 Å². The molecular weight excluding hydrogens is 385 g/mol. The van der Waals surface area contributed by atoms with Gasteiger partial charge in [0.1, 0.15) is 11.6 Å². The predicted octanol–water partition coefficient (Wildman–Crippen LogP) is 4.26. The number of nitrogens with zero attached hydrogens (tertiary/aromatic N) is 4. The van der Waals surface area contributed by atoms with Crippen molar-refractivity contribution in [1.82, 2.24) is 9.36 Å². The number of piperazine rings is 1. The lowest BCUT2D eigenvalue weighted by Gasteiger charge is -2.41. The van der Waals surface area contributed by atoms with Gasteiger partial charge in [-0.3, -0.25) is 0 Å². The van der Waals surface area contributed by atoms with Crippen molar-refractivity contribution in [1.29, 1.82) is 0 Å². The summed E-state index contributed by atoms with van der Waals surface area (Å²) in [6.45, 7) is 4.16. The van der Waals surface area contributed by atoms with Crippen LogP contribution in [-0.2, 0) is 6.42 Å². The lowest BCUT2D eigenvalue weighted by Crippen LogP contribution is -2.52. The molecule has 2 aromatic carbocycles. The fraction of sp³-hybridized carbons (Fsp3) is 0.300. The number of rotatable bonds is 4. The first kappa shape index (κ1) is 18.7. The molecule has 2 heterocycles. The Balaban J connectivity index is 1.42. The third-order valence-electron chi connectivity index (χ3n) is 4.87. The monoisotopic (exact) mass is 404 g/mol. The zero-order valence-corrected chi connectivity index (χ0v) is 16.1. The molecule has 0 bridgehead atoms. The van der Waals surface area contributed by atoms with Crippen LogP contribution in [0.25, 0.3) is 0 Å². The Morgan fingerprint density at radius 1 is 1.04 bits per heavy atom. The van der Waals surface area contributed by atoms with Crippen molar-refractivity contribution in [3.8, 4) is 0 Å². The first-order chi connectivity index (χ1) is 13.5. The highest BCUT2D eigenvalue weighted by Crippen LogP contribution is 2.26. The van der Waals surface area contributed by atoms with Crippen LogP contribution in [0.2, 0.25) is 0 Å². The molecule has 1 atom stereocenters. The highest BCUT2D eigenvalue weighted by molar-refractivity contribution is 7.09. The van der Waals surface area contributed by atoms with Crippen molar-refractivity contribution in [3.63, 3.8) is 0 Å². The lowest BCUT2D eigenvalue weighted by molar-refractivity contribution is 0.504. The van der Waals surface area contributed by atoms with Gasteiger partial charge >= 0.3 is 0 Å². The fourth-order valence-corrected chi connectivity index (χ4v) is 4.13. The molecule has 4 nitrogen and oxygen atoms in total. The van der Waals surface area contributed by atoms with Gasteiger partial charge in [0, 0.05) is 55.4 Å². The van der Waals surface area contributed by atoms with Crippen LogP contribution in [0.5, 0.6) is 0 Å². The van der Waals surface area contributed by atoms with Crippen molar-refractivity contribution < 1.29 is 13.2 Å². The molecule has 1 aliphatic heterocycles. The fourth-order valence-electron chi connectivity index (χ4n) is 3.41. The van der Waals surface area contributed by atoms with E-state index in [1.165, 1.54) is 29.7 Å². The van der Waals surface area contributed by atoms with E-state index in [4.69, 9.17) is 0 Å². The molecule has 1 aromatic heterocycles. The first-order valence-corrected chi connectivity index (χ1v) is 9.80. The third kappa shape index (κ3) is 3.96. The number of hydrogen-bond donors (Lipinski definition) is 0. The molecule has 1 aliphatic rings. The molecule has 0 aliphatic carbocycles. The Labute approximate surface area is 165 Å². The summed E-state index contributed by atoms with van der Waals surface area (Å²) in [5.41, 5.74) is 1.64. The van der Waals surface area contributed by atoms with Crippen LogP contribution in [0.3, 0.4) is 0 Å². The van der Waals surface area contributed by atoms with E-state index >= 15 is 0 Å². The average Bonchev–Trinajstić information content (AvgIpc) is 3.14. The molecule has 4 rings (SSSR count). The Kier molecular flexibility index (Phi) is 5.21. The van der Waals surface area contributed by atoms with Gasteiger partial charge in [-0.2, -0.15) is 4.37 Å². The topological polar surface area (TPSA) is 32.3 Å². The van der Waals surface area contributed by atoms with Crippen molar-refractivity contribution in [3.05, 3.63) is 71.3 Å². The summed E-state index contributed by atoms with van der Waals surface area (Å²) < 4.78 is 44.2. The van der Waals surface area contributed by atoms with E-state index < -0.39 is 11.6 Å². The highest BCUT2D eigenvalue weighted by atomic mass is 32.1. The Morgan fingerprint density at radius 2 is 1.82 bits per heavy atom. The van der Waals surface area contributed by atoms with Gasteiger partial charge in [0.25, 0.3) is 0 Å². The van der Waals surface area contributed by atoms with Crippen LogP contribution < -0.4 is 9.80 Å². The zero-order valence-electron chi connectivity index (χ0n) is 15.3. The van der Waals surface area contributed by atoms with Gasteiger partial charge in [-0.1, -0.05) is 12.1 Å². The molecule has 28 heavy (non-hydrogen) atoms. The van der Waals surface area contributed by atoms with Gasteiger partial charge in [-0.25, -0.2) is 18.2 Å². The normalized spacial score (nSPS) is 17.2. The maximum absolute atomic E-state index is 13.6. The van der Waals surface area contributed by atoms with Crippen LogP contribution in [0.15, 0.2) is 42.5 Å². The minimum atomic E-state index is -0.836. The van der Waals surface area contributed by atoms with E-state index in [1.54, 1.807) is 18.2 Å². The van der Waals surface area contributed by atoms with Gasteiger partial charge in [0.05, 0.1) is 0 Å². The largest absolute Gasteiger partial charge is 0.365 e. The molecule has 8 heteroatoms. The van der Waals surface area contributed by atoms with E-state index in [0.717, 1.165) is 16.8 Å². The molecular formula is C20H19F3N4S. The number of halogens is 3. The van der Waals surface area contributed by atoms with Gasteiger partial charge in [0.15, 0.2) is 11.6 Å². The summed E-state index contributed by atoms with van der Waals surface area (Å²) in [7, 11) is 0. The van der Waals surface area contributed by atoms with E-state index in [0.29, 0.717) is 37.6 Å². The quantitative estimate of drug-likeness (QED) is 0.650. The SMILES string of the molecule is CC1CN(c2nc(Cc3ccc(F)cc3)ns2)CCN1c1ccc(F)c(F)c1. The van der Waals surface area contributed by atoms with Gasteiger partial charge in [-0.15, -0.1) is 0 Å². The van der Waals surface area contributed by atoms with Crippen molar-refractivity contribution in [2.75, 3.05) is 29.4 Å². The van der Waals surface area contributed by atoms with Crippen LogP contribution in [0.1, 0.15) is 18.3 Å². The molecule has 1 fully saturated rings. The van der Waals surface area contributed by atoms with Gasteiger partial charge in [-0.05, 0) is 36.8 Å². The average molecular weight is 404 g/mol. The highest BCUT2D eigenvalue weighted by Gasteiger charge is 2.26. The van der Waals surface area contributed by atoms with Crippen molar-refractivity contribution in [2.45, 2.75) is 19.4 Å². The second-order valence-corrected chi connectivity index (χ2v) is 7.61. The van der Waals surface area contributed by atoms with E-state index in [2.05, 4.69) is 19.2 Å². The molecule has 0 spiro atoms. The minimum absolute atomic E-state index is 0.114. The maximum atomic E-state index is 13.6. The number of hydrogen-bond acceptors (Lipinski definition) is 5. The molecule has 146 valence electrons. The van der Waals surface area contributed by atoms with E-state index in [-0.39, 0.29) is 11.9 Å². The first-order valence-electron chi connectivity index (χ1n) is 9.03.